The van der Waals surface area contributed by atoms with E-state index < -0.39 is 21.4 Å². The summed E-state index contributed by atoms with van der Waals surface area (Å²) < 4.78 is 43.2. The van der Waals surface area contributed by atoms with Gasteiger partial charge in [0.2, 0.25) is 5.44 Å². The van der Waals surface area contributed by atoms with Crippen LogP contribution in [-0.2, 0) is 10.1 Å². The van der Waals surface area contributed by atoms with Crippen LogP contribution in [0.2, 0.25) is 0 Å². The molecule has 2 N–H and O–H groups in total. The lowest BCUT2D eigenvalue weighted by molar-refractivity contribution is 0.238. The molecule has 1 unspecified atom stereocenters. The van der Waals surface area contributed by atoms with Crippen molar-refractivity contribution in [3.63, 3.8) is 0 Å². The number of rotatable bonds is 3. The van der Waals surface area contributed by atoms with E-state index >= 15 is 0 Å². The van der Waals surface area contributed by atoms with Gasteiger partial charge in [0.1, 0.15) is 5.82 Å². The zero-order valence-electron chi connectivity index (χ0n) is 8.46. The van der Waals surface area contributed by atoms with Gasteiger partial charge in [-0.25, -0.2) is 4.39 Å². The highest BCUT2D eigenvalue weighted by Crippen LogP contribution is 2.21. The Balaban J connectivity index is 3.23. The third-order valence-electron chi connectivity index (χ3n) is 1.93. The van der Waals surface area contributed by atoms with Crippen LogP contribution in [0, 0.1) is 5.82 Å². The van der Waals surface area contributed by atoms with E-state index in [1.54, 1.807) is 13.0 Å². The van der Waals surface area contributed by atoms with Crippen molar-refractivity contribution in [2.75, 3.05) is 0 Å². The van der Waals surface area contributed by atoms with Crippen molar-refractivity contribution in [2.24, 2.45) is 0 Å². The number of aliphatic hydroxyl groups excluding tert-OH is 1. The molecule has 1 rings (SSSR count). The predicted molar refractivity (Wildman–Crippen MR) is 57.6 cm³/mol. The molecule has 1 aromatic rings. The number of allylic oxidation sites excluding steroid dienone is 1. The number of aliphatic hydroxyl groups is 1. The molecule has 0 saturated carbocycles. The lowest BCUT2D eigenvalue weighted by Crippen LogP contribution is -2.11. The van der Waals surface area contributed by atoms with Crippen molar-refractivity contribution in [2.45, 2.75) is 12.4 Å². The van der Waals surface area contributed by atoms with Crippen LogP contribution in [0.15, 0.2) is 24.3 Å². The molecule has 88 valence electrons. The lowest BCUT2D eigenvalue weighted by atomic mass is 10.1. The zero-order valence-corrected chi connectivity index (χ0v) is 9.28. The molecule has 0 spiro atoms. The molecule has 6 heteroatoms. The molecular formula is C10H11FO4S. The number of hydrogen-bond acceptors (Lipinski definition) is 3. The summed E-state index contributed by atoms with van der Waals surface area (Å²) in [6.45, 7) is 1.67. The van der Waals surface area contributed by atoms with Crippen LogP contribution in [-0.4, -0.2) is 18.1 Å². The fraction of sp³-hybridized carbons (Fsp3) is 0.200. The molecule has 0 bridgehead atoms. The zero-order chi connectivity index (χ0) is 12.3. The number of hydrogen-bond donors (Lipinski definition) is 2. The van der Waals surface area contributed by atoms with E-state index in [0.29, 0.717) is 0 Å². The molecule has 0 aliphatic heterocycles. The van der Waals surface area contributed by atoms with Gasteiger partial charge in [0.05, 0.1) is 0 Å². The summed E-state index contributed by atoms with van der Waals surface area (Å²) in [6.07, 6.45) is 3.00. The van der Waals surface area contributed by atoms with Gasteiger partial charge in [-0.1, -0.05) is 18.2 Å². The van der Waals surface area contributed by atoms with Crippen molar-refractivity contribution >= 4 is 16.2 Å². The van der Waals surface area contributed by atoms with Gasteiger partial charge in [-0.05, 0) is 24.6 Å². The average Bonchev–Trinajstić information content (AvgIpc) is 2.19. The van der Waals surface area contributed by atoms with Crippen LogP contribution < -0.4 is 0 Å². The quantitative estimate of drug-likeness (QED) is 0.796. The summed E-state index contributed by atoms with van der Waals surface area (Å²) in [7, 11) is -4.59. The lowest BCUT2D eigenvalue weighted by Gasteiger charge is -2.08. The van der Waals surface area contributed by atoms with Gasteiger partial charge in [0.15, 0.2) is 0 Å². The Bertz CT molecular complexity index is 508. The van der Waals surface area contributed by atoms with Crippen molar-refractivity contribution in [3.8, 4) is 0 Å². The summed E-state index contributed by atoms with van der Waals surface area (Å²) in [5.41, 5.74) is -2.00. The summed E-state index contributed by atoms with van der Waals surface area (Å²) in [6, 6.07) is 3.29. The largest absolute Gasteiger partial charge is 0.371 e. The molecule has 0 radical (unpaired) electrons. The van der Waals surface area contributed by atoms with E-state index in [0.717, 1.165) is 18.2 Å². The fourth-order valence-electron chi connectivity index (χ4n) is 1.20. The van der Waals surface area contributed by atoms with E-state index in [2.05, 4.69) is 0 Å². The Morgan fingerprint density at radius 1 is 1.44 bits per heavy atom. The highest BCUT2D eigenvalue weighted by Gasteiger charge is 2.22. The average molecular weight is 246 g/mol. The second-order valence-electron chi connectivity index (χ2n) is 3.15. The van der Waals surface area contributed by atoms with Crippen molar-refractivity contribution in [3.05, 3.63) is 41.2 Å². The van der Waals surface area contributed by atoms with Crippen molar-refractivity contribution < 1.29 is 22.5 Å². The van der Waals surface area contributed by atoms with Crippen LogP contribution >= 0.6 is 0 Å². The van der Waals surface area contributed by atoms with E-state index in [1.165, 1.54) is 6.08 Å². The highest BCUT2D eigenvalue weighted by molar-refractivity contribution is 7.85. The van der Waals surface area contributed by atoms with E-state index in [1.807, 2.05) is 0 Å². The van der Waals surface area contributed by atoms with E-state index in [4.69, 9.17) is 4.55 Å². The van der Waals surface area contributed by atoms with Crippen LogP contribution in [0.1, 0.15) is 23.5 Å². The Morgan fingerprint density at radius 3 is 2.56 bits per heavy atom. The first-order valence-electron chi connectivity index (χ1n) is 4.42. The second-order valence-corrected chi connectivity index (χ2v) is 4.62. The Hall–Kier alpha value is -1.24. The summed E-state index contributed by atoms with van der Waals surface area (Å²) >= 11 is 0. The summed E-state index contributed by atoms with van der Waals surface area (Å²) in [4.78, 5) is 0. The molecule has 0 aromatic heterocycles. The minimum absolute atomic E-state index is 0.0861. The van der Waals surface area contributed by atoms with Gasteiger partial charge < -0.3 is 5.11 Å². The summed E-state index contributed by atoms with van der Waals surface area (Å²) in [5, 5.41) is 9.26. The third kappa shape index (κ3) is 2.88. The van der Waals surface area contributed by atoms with Gasteiger partial charge >= 0.3 is 0 Å². The molecule has 4 nitrogen and oxygen atoms in total. The second kappa shape index (κ2) is 4.73. The Morgan fingerprint density at radius 2 is 2.06 bits per heavy atom. The maximum atomic E-state index is 13.2. The molecule has 0 fully saturated rings. The first kappa shape index (κ1) is 12.8. The third-order valence-corrected chi connectivity index (χ3v) is 2.77. The summed E-state index contributed by atoms with van der Waals surface area (Å²) in [5.74, 6) is -0.538. The molecule has 0 heterocycles. The molecule has 0 amide bonds. The number of halogens is 1. The van der Waals surface area contributed by atoms with Crippen LogP contribution in [0.4, 0.5) is 4.39 Å². The molecule has 16 heavy (non-hydrogen) atoms. The highest BCUT2D eigenvalue weighted by atomic mass is 32.2. The van der Waals surface area contributed by atoms with Gasteiger partial charge in [-0.2, -0.15) is 8.42 Å². The minimum Gasteiger partial charge on any atom is -0.371 e. The molecule has 0 saturated heterocycles. The van der Waals surface area contributed by atoms with E-state index in [-0.39, 0.29) is 11.1 Å². The van der Waals surface area contributed by atoms with Crippen LogP contribution in [0.25, 0.3) is 6.08 Å². The standard InChI is InChI=1S/C10H11FO4S/c1-2-3-7-6-8(4-5-9(7)11)10(12)16(13,14)15/h2-6,10,12H,1H3,(H,13,14,15). The molecule has 0 aliphatic carbocycles. The normalized spacial score (nSPS) is 14.2. The molecular weight excluding hydrogens is 235 g/mol. The maximum absolute atomic E-state index is 13.2. The first-order chi connectivity index (χ1) is 7.36. The van der Waals surface area contributed by atoms with Gasteiger partial charge in [-0.3, -0.25) is 4.55 Å². The van der Waals surface area contributed by atoms with Crippen molar-refractivity contribution in [1.29, 1.82) is 0 Å². The number of benzene rings is 1. The molecule has 1 atom stereocenters. The molecule has 0 aliphatic rings. The van der Waals surface area contributed by atoms with Crippen molar-refractivity contribution in [1.82, 2.24) is 0 Å². The van der Waals surface area contributed by atoms with Gasteiger partial charge in [0, 0.05) is 5.56 Å². The predicted octanol–water partition coefficient (Wildman–Crippen LogP) is 1.74. The van der Waals surface area contributed by atoms with Gasteiger partial charge in [-0.15, -0.1) is 0 Å². The SMILES string of the molecule is CC=Cc1cc(C(O)S(=O)(=O)O)ccc1F. The Kier molecular flexibility index (Phi) is 3.79. The first-order valence-corrected chi connectivity index (χ1v) is 5.93. The minimum atomic E-state index is -4.59. The van der Waals surface area contributed by atoms with Gasteiger partial charge in [0.25, 0.3) is 10.1 Å². The smallest absolute Gasteiger partial charge is 0.296 e. The monoisotopic (exact) mass is 246 g/mol. The molecule has 1 aromatic carbocycles. The van der Waals surface area contributed by atoms with E-state index in [9.17, 15) is 17.9 Å². The maximum Gasteiger partial charge on any atom is 0.296 e. The topological polar surface area (TPSA) is 74.6 Å². The fourth-order valence-corrected chi connectivity index (χ4v) is 1.69. The van der Waals surface area contributed by atoms with Crippen LogP contribution in [0.3, 0.4) is 0 Å². The van der Waals surface area contributed by atoms with Crippen LogP contribution in [0.5, 0.6) is 0 Å². The Labute approximate surface area is 92.8 Å².